The van der Waals surface area contributed by atoms with Crippen molar-refractivity contribution in [3.63, 3.8) is 0 Å². The molecule has 0 fully saturated rings. The van der Waals surface area contributed by atoms with Crippen LogP contribution in [0.1, 0.15) is 6.92 Å². The van der Waals surface area contributed by atoms with Crippen LogP contribution in [0.2, 0.25) is 0 Å². The van der Waals surface area contributed by atoms with Gasteiger partial charge in [0.15, 0.2) is 4.31 Å². The van der Waals surface area contributed by atoms with E-state index in [2.05, 4.69) is 4.31 Å². The Balaban J connectivity index is 0. The highest BCUT2D eigenvalue weighted by Crippen LogP contribution is 2.30. The minimum atomic E-state index is -2.92. The molecule has 0 aromatic heterocycles. The molecule has 0 aliphatic heterocycles. The first-order valence-electron chi connectivity index (χ1n) is 2.17. The zero-order valence-corrected chi connectivity index (χ0v) is 7.38. The largest absolute Gasteiger partial charge is 0.745 e. The summed E-state index contributed by atoms with van der Waals surface area (Å²) >= 11 is 0. The van der Waals surface area contributed by atoms with Crippen molar-refractivity contribution in [2.45, 2.75) is 6.92 Å². The maximum absolute atomic E-state index is 9.39. The summed E-state index contributed by atoms with van der Waals surface area (Å²) in [5, 5.41) is 6.28. The lowest BCUT2D eigenvalue weighted by Crippen LogP contribution is -2.00. The van der Waals surface area contributed by atoms with Crippen molar-refractivity contribution in [2.24, 2.45) is 5.73 Å². The zero-order valence-electron chi connectivity index (χ0n) is 5.59. The fourth-order valence-electron chi connectivity index (χ4n) is 0.0598. The van der Waals surface area contributed by atoms with Crippen molar-refractivity contribution in [3.8, 4) is 0 Å². The van der Waals surface area contributed by atoms with Crippen molar-refractivity contribution >= 4 is 22.3 Å². The van der Waals surface area contributed by atoms with Crippen LogP contribution >= 0.6 is 16.5 Å². The summed E-state index contributed by atoms with van der Waals surface area (Å²) in [4.78, 5) is 15.3. The van der Waals surface area contributed by atoms with Gasteiger partial charge in [-0.25, -0.2) is 0 Å². The van der Waals surface area contributed by atoms with E-state index in [1.54, 1.807) is 0 Å². The average Bonchev–Trinajstić information content (AvgIpc) is 1.56. The Morgan fingerprint density at radius 3 is 1.64 bits per heavy atom. The molecule has 0 rings (SSSR count). The minimum Gasteiger partial charge on any atom is -0.388 e. The molecule has 0 bridgehead atoms. The Labute approximate surface area is 64.6 Å². The van der Waals surface area contributed by atoms with Gasteiger partial charge in [0.25, 0.3) is 0 Å². The van der Waals surface area contributed by atoms with Gasteiger partial charge in [-0.3, -0.25) is 5.41 Å². The van der Waals surface area contributed by atoms with Crippen LogP contribution in [0.15, 0.2) is 0 Å². The fraction of sp³-hybridized carbons (Fsp3) is 0.500. The maximum Gasteiger partial charge on any atom is 0.745 e. The van der Waals surface area contributed by atoms with Gasteiger partial charge in [0.1, 0.15) is 0 Å². The Morgan fingerprint density at radius 1 is 1.45 bits per heavy atom. The lowest BCUT2D eigenvalue weighted by molar-refractivity contribution is 0.371. The molecule has 2 unspecified atom stereocenters. The van der Waals surface area contributed by atoms with Gasteiger partial charge in [-0.2, -0.15) is 0 Å². The van der Waals surface area contributed by atoms with Crippen LogP contribution in [-0.4, -0.2) is 15.6 Å². The van der Waals surface area contributed by atoms with Crippen LogP contribution in [0, 0.1) is 5.41 Å². The molecule has 0 aliphatic rings. The molecule has 9 heteroatoms. The van der Waals surface area contributed by atoms with Crippen LogP contribution in [0.3, 0.4) is 0 Å². The van der Waals surface area contributed by atoms with Crippen molar-refractivity contribution in [1.82, 2.24) is 0 Å². The molecule has 11 heavy (non-hydrogen) atoms. The summed E-state index contributed by atoms with van der Waals surface area (Å²) in [5.41, 5.74) is 4.69. The molecule has 0 aromatic carbocycles. The lowest BCUT2D eigenvalue weighted by atomic mass is 10.8. The molecule has 0 spiro atoms. The molecule has 2 atom stereocenters. The van der Waals surface area contributed by atoms with Crippen LogP contribution in [0.25, 0.3) is 0 Å². The molecule has 7 nitrogen and oxygen atoms in total. The minimum absolute atomic E-state index is 0.167. The Hall–Kier alpha value is -0.450. The van der Waals surface area contributed by atoms with Crippen LogP contribution < -0.4 is 5.73 Å². The molecule has 0 radical (unpaired) electrons. The molecule has 0 amide bonds. The molecule has 0 heterocycles. The van der Waals surface area contributed by atoms with Gasteiger partial charge in [-0.05, 0) is 6.92 Å². The maximum atomic E-state index is 9.39. The van der Waals surface area contributed by atoms with Gasteiger partial charge in [-0.15, -0.1) is 9.79 Å². The molecule has 0 aliphatic carbocycles. The normalized spacial score (nSPS) is 10.8. The molecule has 0 saturated heterocycles. The van der Waals surface area contributed by atoms with Crippen molar-refractivity contribution in [2.75, 3.05) is 0 Å². The van der Waals surface area contributed by atoms with E-state index in [-0.39, 0.29) is 5.84 Å². The van der Waals surface area contributed by atoms with Crippen LogP contribution in [-0.2, 0) is 13.4 Å². The summed E-state index contributed by atoms with van der Waals surface area (Å²) in [6, 6.07) is 0. The smallest absolute Gasteiger partial charge is 0.388 e. The van der Waals surface area contributed by atoms with Crippen molar-refractivity contribution in [3.05, 3.63) is 0 Å². The molecule has 64 valence electrons. The monoisotopic (exact) mass is 202 g/mol. The molecular formula is C2H8N2O5P2+2. The third-order valence-corrected chi connectivity index (χ3v) is 1.26. The first-order chi connectivity index (χ1) is 4.86. The predicted octanol–water partition coefficient (Wildman–Crippen LogP) is 0.245. The van der Waals surface area contributed by atoms with Gasteiger partial charge in [-0.1, -0.05) is 0 Å². The van der Waals surface area contributed by atoms with Gasteiger partial charge in [0, 0.05) is 9.13 Å². The number of nitrogens with two attached hydrogens (primary N) is 1. The SMILES string of the molecule is CC(=N)N.O=[P+](O)O[P+](=O)O. The Kier molecular flexibility index (Phi) is 9.16. The van der Waals surface area contributed by atoms with E-state index in [1.807, 2.05) is 0 Å². The molecular weight excluding hydrogens is 194 g/mol. The second-order valence-electron chi connectivity index (χ2n) is 1.24. The quantitative estimate of drug-likeness (QED) is 0.288. The highest BCUT2D eigenvalue weighted by atomic mass is 31.2. The Morgan fingerprint density at radius 2 is 1.64 bits per heavy atom. The number of hydrogen-bond acceptors (Lipinski definition) is 4. The van der Waals surface area contributed by atoms with E-state index >= 15 is 0 Å². The number of amidine groups is 1. The number of nitrogens with one attached hydrogen (secondary N) is 1. The molecule has 0 aromatic rings. The van der Waals surface area contributed by atoms with E-state index in [1.165, 1.54) is 6.92 Å². The topological polar surface area (TPSA) is 134 Å². The highest BCUT2D eigenvalue weighted by molar-refractivity contribution is 7.46. The zero-order chi connectivity index (χ0) is 9.44. The van der Waals surface area contributed by atoms with E-state index in [4.69, 9.17) is 20.9 Å². The summed E-state index contributed by atoms with van der Waals surface area (Å²) < 4.78 is 22.2. The standard InChI is InChI=1S/C2H6N2.O5P2/c1-2(3)4;1-6(2)5-7(3)4/h1H3,(H3,3,4);/p+2. The van der Waals surface area contributed by atoms with Gasteiger partial charge in [0.05, 0.1) is 5.84 Å². The summed E-state index contributed by atoms with van der Waals surface area (Å²) in [5.74, 6) is 0.167. The first-order valence-corrected chi connectivity index (χ1v) is 4.43. The van der Waals surface area contributed by atoms with E-state index in [0.29, 0.717) is 0 Å². The van der Waals surface area contributed by atoms with Crippen molar-refractivity contribution < 1.29 is 23.2 Å². The molecule has 5 N–H and O–H groups in total. The summed E-state index contributed by atoms with van der Waals surface area (Å²) in [6.07, 6.45) is 0. The highest BCUT2D eigenvalue weighted by Gasteiger charge is 2.31. The number of rotatable bonds is 2. The van der Waals surface area contributed by atoms with Crippen LogP contribution in [0.5, 0.6) is 0 Å². The molecule has 0 saturated carbocycles. The van der Waals surface area contributed by atoms with E-state index in [9.17, 15) is 9.13 Å². The lowest BCUT2D eigenvalue weighted by Gasteiger charge is -1.66. The van der Waals surface area contributed by atoms with Crippen molar-refractivity contribution in [1.29, 1.82) is 5.41 Å². The summed E-state index contributed by atoms with van der Waals surface area (Å²) in [7, 11) is -5.85. The van der Waals surface area contributed by atoms with Gasteiger partial charge >= 0.3 is 16.5 Å². The van der Waals surface area contributed by atoms with Gasteiger partial charge in [0.2, 0.25) is 0 Å². The second kappa shape index (κ2) is 7.65. The van der Waals surface area contributed by atoms with E-state index < -0.39 is 16.5 Å². The second-order valence-corrected chi connectivity index (χ2v) is 2.84. The van der Waals surface area contributed by atoms with Crippen LogP contribution in [0.4, 0.5) is 0 Å². The Bertz CT molecular complexity index is 154. The fourth-order valence-corrected chi connectivity index (χ4v) is 0.538. The summed E-state index contributed by atoms with van der Waals surface area (Å²) in [6.45, 7) is 1.53. The van der Waals surface area contributed by atoms with Gasteiger partial charge < -0.3 is 5.73 Å². The first kappa shape index (κ1) is 13.2. The third kappa shape index (κ3) is 43.2. The third-order valence-electron chi connectivity index (χ3n) is 0.140. The predicted molar refractivity (Wildman–Crippen MR) is 38.3 cm³/mol. The average molecular weight is 202 g/mol. The number of hydrogen-bond donors (Lipinski definition) is 4. The van der Waals surface area contributed by atoms with E-state index in [0.717, 1.165) is 0 Å².